The van der Waals surface area contributed by atoms with E-state index in [0.717, 1.165) is 10.8 Å². The van der Waals surface area contributed by atoms with E-state index in [0.29, 0.717) is 0 Å². The molecule has 1 aromatic heterocycles. The van der Waals surface area contributed by atoms with Gasteiger partial charge in [0.1, 0.15) is 10.8 Å². The van der Waals surface area contributed by atoms with Crippen molar-refractivity contribution < 1.29 is 0 Å². The van der Waals surface area contributed by atoms with E-state index in [-0.39, 0.29) is 0 Å². The molecule has 1 heterocycles. The fraction of sp³-hybridized carbons (Fsp3) is 0.182. The Bertz CT molecular complexity index is 434. The molecule has 4 heteroatoms. The van der Waals surface area contributed by atoms with Crippen molar-refractivity contribution in [3.05, 3.63) is 29.6 Å². The van der Waals surface area contributed by atoms with Crippen molar-refractivity contribution in [1.29, 1.82) is 0 Å². The summed E-state index contributed by atoms with van der Waals surface area (Å²) in [6.45, 7) is 0. The van der Waals surface area contributed by atoms with Crippen molar-refractivity contribution in [2.75, 3.05) is 18.6 Å². The first-order chi connectivity index (χ1) is 7.33. The minimum absolute atomic E-state index is 0.934. The van der Waals surface area contributed by atoms with Crippen molar-refractivity contribution in [3.63, 3.8) is 0 Å². The Hall–Kier alpha value is -1.00. The van der Waals surface area contributed by atoms with Crippen molar-refractivity contribution in [2.45, 2.75) is 4.90 Å². The molecule has 2 nitrogen and oxygen atoms in total. The lowest BCUT2D eigenvalue weighted by atomic mass is 10.2. The maximum absolute atomic E-state index is 4.46. The predicted octanol–water partition coefficient (Wildman–Crippen LogP) is 3.57. The zero-order valence-electron chi connectivity index (χ0n) is 8.65. The summed E-state index contributed by atoms with van der Waals surface area (Å²) in [5.74, 6) is 0.934. The second-order valence-electron chi connectivity index (χ2n) is 3.02. The molecular formula is C11H12N2S2. The number of thioether (sulfide) groups is 1. The lowest BCUT2D eigenvalue weighted by Crippen LogP contribution is -1.86. The number of benzene rings is 1. The summed E-state index contributed by atoms with van der Waals surface area (Å²) in [5, 5.41) is 6.12. The molecule has 78 valence electrons. The molecule has 2 aromatic rings. The average molecular weight is 236 g/mol. The molecule has 0 aliphatic rings. The summed E-state index contributed by atoms with van der Waals surface area (Å²) in [4.78, 5) is 5.74. The van der Waals surface area contributed by atoms with Gasteiger partial charge in [-0.1, -0.05) is 12.1 Å². The number of anilines is 1. The predicted molar refractivity (Wildman–Crippen MR) is 68.9 cm³/mol. The van der Waals surface area contributed by atoms with Crippen molar-refractivity contribution in [2.24, 2.45) is 0 Å². The van der Waals surface area contributed by atoms with Gasteiger partial charge in [-0.25, -0.2) is 4.98 Å². The highest BCUT2D eigenvalue weighted by Gasteiger charge is 2.03. The third kappa shape index (κ3) is 2.33. The van der Waals surface area contributed by atoms with E-state index in [2.05, 4.69) is 40.8 Å². The van der Waals surface area contributed by atoms with Gasteiger partial charge in [0.15, 0.2) is 0 Å². The molecule has 0 unspecified atom stereocenters. The number of hydrogen-bond acceptors (Lipinski definition) is 4. The van der Waals surface area contributed by atoms with E-state index in [4.69, 9.17) is 0 Å². The molecule has 0 saturated heterocycles. The second kappa shape index (κ2) is 4.68. The standard InChI is InChI=1S/C11H12N2S2/c1-12-10-7-15-11(13-10)8-3-5-9(14-2)6-4-8/h3-7,12H,1-2H3. The summed E-state index contributed by atoms with van der Waals surface area (Å²) < 4.78 is 0. The van der Waals surface area contributed by atoms with Gasteiger partial charge < -0.3 is 5.32 Å². The summed E-state index contributed by atoms with van der Waals surface area (Å²) in [6.07, 6.45) is 2.08. The van der Waals surface area contributed by atoms with Crippen molar-refractivity contribution in [3.8, 4) is 10.6 Å². The topological polar surface area (TPSA) is 24.9 Å². The quantitative estimate of drug-likeness (QED) is 0.825. The van der Waals surface area contributed by atoms with Crippen molar-refractivity contribution >= 4 is 28.9 Å². The molecule has 0 aliphatic carbocycles. The Morgan fingerprint density at radius 1 is 1.27 bits per heavy atom. The Balaban J connectivity index is 2.28. The third-order valence-electron chi connectivity index (χ3n) is 2.10. The molecule has 0 atom stereocenters. The van der Waals surface area contributed by atoms with Gasteiger partial charge in [-0.05, 0) is 18.4 Å². The van der Waals surface area contributed by atoms with Crippen LogP contribution in [0.5, 0.6) is 0 Å². The smallest absolute Gasteiger partial charge is 0.137 e. The summed E-state index contributed by atoms with van der Waals surface area (Å²) >= 11 is 3.41. The van der Waals surface area contributed by atoms with E-state index < -0.39 is 0 Å². The van der Waals surface area contributed by atoms with Gasteiger partial charge in [0.05, 0.1) is 0 Å². The first kappa shape index (κ1) is 10.5. The van der Waals surface area contributed by atoms with E-state index in [1.54, 1.807) is 23.1 Å². The normalized spacial score (nSPS) is 10.3. The van der Waals surface area contributed by atoms with Crippen LogP contribution in [0.25, 0.3) is 10.6 Å². The molecule has 0 radical (unpaired) electrons. The molecule has 0 bridgehead atoms. The molecule has 1 aromatic carbocycles. The van der Waals surface area contributed by atoms with Crippen LogP contribution < -0.4 is 5.32 Å². The van der Waals surface area contributed by atoms with Crippen LogP contribution in [0.1, 0.15) is 0 Å². The molecule has 0 saturated carbocycles. The first-order valence-corrected chi connectivity index (χ1v) is 6.71. The summed E-state index contributed by atoms with van der Waals surface area (Å²) in [5.41, 5.74) is 1.18. The van der Waals surface area contributed by atoms with Crippen LogP contribution in [0.3, 0.4) is 0 Å². The first-order valence-electron chi connectivity index (χ1n) is 4.61. The Morgan fingerprint density at radius 2 is 2.00 bits per heavy atom. The number of hydrogen-bond donors (Lipinski definition) is 1. The largest absolute Gasteiger partial charge is 0.372 e. The molecule has 0 aliphatic heterocycles. The highest BCUT2D eigenvalue weighted by Crippen LogP contribution is 2.27. The van der Waals surface area contributed by atoms with Gasteiger partial charge in [0, 0.05) is 22.9 Å². The van der Waals surface area contributed by atoms with Crippen LogP contribution in [0.2, 0.25) is 0 Å². The maximum atomic E-state index is 4.46. The van der Waals surface area contributed by atoms with Gasteiger partial charge in [-0.2, -0.15) is 0 Å². The number of aromatic nitrogens is 1. The van der Waals surface area contributed by atoms with Crippen LogP contribution in [0, 0.1) is 0 Å². The average Bonchev–Trinajstić information content (AvgIpc) is 2.78. The minimum atomic E-state index is 0.934. The zero-order chi connectivity index (χ0) is 10.7. The highest BCUT2D eigenvalue weighted by molar-refractivity contribution is 7.98. The van der Waals surface area contributed by atoms with Gasteiger partial charge in [-0.15, -0.1) is 23.1 Å². The molecular weight excluding hydrogens is 224 g/mol. The molecule has 1 N–H and O–H groups in total. The van der Waals surface area contributed by atoms with Gasteiger partial charge in [0.25, 0.3) is 0 Å². The van der Waals surface area contributed by atoms with Crippen molar-refractivity contribution in [1.82, 2.24) is 4.98 Å². The van der Waals surface area contributed by atoms with Crippen LogP contribution in [0.4, 0.5) is 5.82 Å². The Labute approximate surface area is 97.8 Å². The van der Waals surface area contributed by atoms with E-state index in [1.165, 1.54) is 10.5 Å². The van der Waals surface area contributed by atoms with Gasteiger partial charge in [0.2, 0.25) is 0 Å². The van der Waals surface area contributed by atoms with Gasteiger partial charge in [-0.3, -0.25) is 0 Å². The Morgan fingerprint density at radius 3 is 2.53 bits per heavy atom. The summed E-state index contributed by atoms with van der Waals surface area (Å²) in [6, 6.07) is 8.48. The molecule has 0 amide bonds. The lowest BCUT2D eigenvalue weighted by Gasteiger charge is -1.98. The third-order valence-corrected chi connectivity index (χ3v) is 3.73. The van der Waals surface area contributed by atoms with Crippen LogP contribution >= 0.6 is 23.1 Å². The molecule has 0 fully saturated rings. The maximum Gasteiger partial charge on any atom is 0.137 e. The van der Waals surface area contributed by atoms with E-state index >= 15 is 0 Å². The lowest BCUT2D eigenvalue weighted by molar-refractivity contribution is 1.34. The minimum Gasteiger partial charge on any atom is -0.372 e. The molecule has 0 spiro atoms. The van der Waals surface area contributed by atoms with Crippen LogP contribution in [-0.2, 0) is 0 Å². The fourth-order valence-corrected chi connectivity index (χ4v) is 2.48. The monoisotopic (exact) mass is 236 g/mol. The SMILES string of the molecule is CNc1csc(-c2ccc(SC)cc2)n1. The van der Waals surface area contributed by atoms with E-state index in [1.807, 2.05) is 12.4 Å². The fourth-order valence-electron chi connectivity index (χ4n) is 1.25. The number of nitrogens with zero attached hydrogens (tertiary/aromatic N) is 1. The molecule has 15 heavy (non-hydrogen) atoms. The number of nitrogens with one attached hydrogen (secondary N) is 1. The van der Waals surface area contributed by atoms with E-state index in [9.17, 15) is 0 Å². The second-order valence-corrected chi connectivity index (χ2v) is 4.75. The molecule has 2 rings (SSSR count). The Kier molecular flexibility index (Phi) is 3.28. The van der Waals surface area contributed by atoms with Crippen LogP contribution in [-0.4, -0.2) is 18.3 Å². The number of rotatable bonds is 3. The summed E-state index contributed by atoms with van der Waals surface area (Å²) in [7, 11) is 1.88. The van der Waals surface area contributed by atoms with Crippen LogP contribution in [0.15, 0.2) is 34.5 Å². The van der Waals surface area contributed by atoms with Gasteiger partial charge >= 0.3 is 0 Å². The highest BCUT2D eigenvalue weighted by atomic mass is 32.2. The number of thiazole rings is 1. The zero-order valence-corrected chi connectivity index (χ0v) is 10.3.